The molecule has 1 aliphatic heterocycles. The van der Waals surface area contributed by atoms with Gasteiger partial charge in [-0.1, -0.05) is 47.1 Å². The van der Waals surface area contributed by atoms with Crippen LogP contribution in [0.15, 0.2) is 64.3 Å². The lowest BCUT2D eigenvalue weighted by molar-refractivity contribution is -0.122. The number of rotatable bonds is 5. The van der Waals surface area contributed by atoms with Crippen LogP contribution in [0.5, 0.6) is 5.75 Å². The van der Waals surface area contributed by atoms with E-state index in [-0.39, 0.29) is 23.5 Å². The number of hydrogen-bond donors (Lipinski definition) is 1. The minimum Gasteiger partial charge on any atom is -0.494 e. The zero-order valence-electron chi connectivity index (χ0n) is 16.4. The van der Waals surface area contributed by atoms with Gasteiger partial charge in [-0.2, -0.15) is 0 Å². The van der Waals surface area contributed by atoms with Gasteiger partial charge in [0.25, 0.3) is 0 Å². The van der Waals surface area contributed by atoms with E-state index >= 15 is 0 Å². The van der Waals surface area contributed by atoms with Crippen LogP contribution in [0.2, 0.25) is 0 Å². The van der Waals surface area contributed by atoms with Crippen LogP contribution in [0.25, 0.3) is 0 Å². The van der Waals surface area contributed by atoms with Gasteiger partial charge >= 0.3 is 0 Å². The average Bonchev–Trinajstić information content (AvgIpc) is 2.72. The summed E-state index contributed by atoms with van der Waals surface area (Å²) >= 11 is 3.45. The standard InChI is InChI=1S/C24H24BrNO3/c1-2-11-29-19-9-5-15(6-10-19)17-12-21-24(22(27)13-17)20(14-23(28)26-21)16-3-7-18(25)8-4-16/h3-10,17,20H,2,11-14H2,1H3,(H,26,28). The molecule has 0 aromatic heterocycles. The first-order chi connectivity index (χ1) is 14.0. The van der Waals surface area contributed by atoms with Crippen molar-refractivity contribution in [3.05, 3.63) is 75.4 Å². The lowest BCUT2D eigenvalue weighted by atomic mass is 9.73. The molecule has 2 atom stereocenters. The van der Waals surface area contributed by atoms with Crippen molar-refractivity contribution < 1.29 is 14.3 Å². The Hall–Kier alpha value is -2.40. The largest absolute Gasteiger partial charge is 0.494 e. The number of benzene rings is 2. The van der Waals surface area contributed by atoms with Gasteiger partial charge in [-0.25, -0.2) is 0 Å². The molecule has 150 valence electrons. The summed E-state index contributed by atoms with van der Waals surface area (Å²) in [4.78, 5) is 25.5. The highest BCUT2D eigenvalue weighted by atomic mass is 79.9. The fourth-order valence-corrected chi connectivity index (χ4v) is 4.50. The van der Waals surface area contributed by atoms with Crippen molar-refractivity contribution >= 4 is 27.6 Å². The van der Waals surface area contributed by atoms with Crippen molar-refractivity contribution in [2.75, 3.05) is 6.61 Å². The first-order valence-electron chi connectivity index (χ1n) is 10.1. The molecule has 2 aromatic rings. The summed E-state index contributed by atoms with van der Waals surface area (Å²) in [6.45, 7) is 2.77. The van der Waals surface area contributed by atoms with Crippen molar-refractivity contribution in [1.29, 1.82) is 0 Å². The molecule has 0 saturated heterocycles. The Bertz CT molecular complexity index is 947. The fraction of sp³-hybridized carbons (Fsp3) is 0.333. The molecule has 0 spiro atoms. The zero-order chi connectivity index (χ0) is 20.4. The Morgan fingerprint density at radius 1 is 0.966 bits per heavy atom. The Morgan fingerprint density at radius 2 is 1.66 bits per heavy atom. The van der Waals surface area contributed by atoms with Gasteiger partial charge in [-0.05, 0) is 54.2 Å². The molecule has 2 aromatic carbocycles. The molecular weight excluding hydrogens is 430 g/mol. The third kappa shape index (κ3) is 4.30. The van der Waals surface area contributed by atoms with Gasteiger partial charge in [-0.3, -0.25) is 9.59 Å². The second kappa shape index (κ2) is 8.54. The van der Waals surface area contributed by atoms with Crippen LogP contribution in [0.4, 0.5) is 0 Å². The molecule has 1 aliphatic carbocycles. The molecule has 29 heavy (non-hydrogen) atoms. The summed E-state index contributed by atoms with van der Waals surface area (Å²) in [5, 5.41) is 2.98. The predicted molar refractivity (Wildman–Crippen MR) is 116 cm³/mol. The molecule has 0 fully saturated rings. The van der Waals surface area contributed by atoms with Crippen LogP contribution >= 0.6 is 15.9 Å². The molecule has 2 unspecified atom stereocenters. The molecule has 0 radical (unpaired) electrons. The van der Waals surface area contributed by atoms with E-state index in [1.165, 1.54) is 0 Å². The highest BCUT2D eigenvalue weighted by molar-refractivity contribution is 9.10. The molecule has 1 N–H and O–H groups in total. The lowest BCUT2D eigenvalue weighted by Crippen LogP contribution is -2.38. The van der Waals surface area contributed by atoms with E-state index in [1.807, 2.05) is 48.5 Å². The maximum atomic E-state index is 13.1. The summed E-state index contributed by atoms with van der Waals surface area (Å²) in [6, 6.07) is 15.9. The van der Waals surface area contributed by atoms with Gasteiger partial charge in [0.1, 0.15) is 5.75 Å². The molecule has 2 aliphatic rings. The summed E-state index contributed by atoms with van der Waals surface area (Å²) < 4.78 is 6.64. The van der Waals surface area contributed by atoms with Crippen molar-refractivity contribution in [3.63, 3.8) is 0 Å². The smallest absolute Gasteiger partial charge is 0.225 e. The second-order valence-corrected chi connectivity index (χ2v) is 8.61. The topological polar surface area (TPSA) is 55.4 Å². The van der Waals surface area contributed by atoms with Crippen LogP contribution < -0.4 is 10.1 Å². The van der Waals surface area contributed by atoms with E-state index in [4.69, 9.17) is 4.74 Å². The molecule has 1 heterocycles. The zero-order valence-corrected chi connectivity index (χ0v) is 18.0. The maximum absolute atomic E-state index is 13.1. The quantitative estimate of drug-likeness (QED) is 0.672. The number of ether oxygens (including phenoxy) is 1. The van der Waals surface area contributed by atoms with Crippen LogP contribution in [-0.2, 0) is 9.59 Å². The van der Waals surface area contributed by atoms with Crippen molar-refractivity contribution in [3.8, 4) is 5.75 Å². The highest BCUT2D eigenvalue weighted by Gasteiger charge is 2.38. The van der Waals surface area contributed by atoms with E-state index < -0.39 is 0 Å². The molecule has 4 rings (SSSR count). The fourth-order valence-electron chi connectivity index (χ4n) is 4.23. The molecule has 4 nitrogen and oxygen atoms in total. The summed E-state index contributed by atoms with van der Waals surface area (Å²) in [7, 11) is 0. The SMILES string of the molecule is CCCOc1ccc(C2CC(=O)C3=C(C2)NC(=O)CC3c2ccc(Br)cc2)cc1. The van der Waals surface area contributed by atoms with Crippen LogP contribution in [0.3, 0.4) is 0 Å². The van der Waals surface area contributed by atoms with Gasteiger partial charge < -0.3 is 10.1 Å². The third-order valence-corrected chi connectivity index (χ3v) is 6.16. The van der Waals surface area contributed by atoms with Gasteiger partial charge in [0.2, 0.25) is 5.91 Å². The first-order valence-corrected chi connectivity index (χ1v) is 10.9. The average molecular weight is 454 g/mol. The van der Waals surface area contributed by atoms with Crippen LogP contribution in [0, 0.1) is 0 Å². The number of amides is 1. The van der Waals surface area contributed by atoms with Gasteiger partial charge in [0.05, 0.1) is 6.61 Å². The Morgan fingerprint density at radius 3 is 2.34 bits per heavy atom. The van der Waals surface area contributed by atoms with Crippen molar-refractivity contribution in [2.45, 2.75) is 44.4 Å². The summed E-state index contributed by atoms with van der Waals surface area (Å²) in [5.74, 6) is 0.874. The minimum absolute atomic E-state index is 0.0200. The summed E-state index contributed by atoms with van der Waals surface area (Å²) in [5.41, 5.74) is 3.70. The van der Waals surface area contributed by atoms with E-state index in [2.05, 4.69) is 28.2 Å². The maximum Gasteiger partial charge on any atom is 0.225 e. The molecular formula is C24H24BrNO3. The number of allylic oxidation sites excluding steroid dienone is 2. The van der Waals surface area contributed by atoms with E-state index in [0.717, 1.165) is 39.0 Å². The Balaban J connectivity index is 1.60. The number of halogens is 1. The molecule has 5 heteroatoms. The van der Waals surface area contributed by atoms with Crippen molar-refractivity contribution in [1.82, 2.24) is 5.32 Å². The number of Topliss-reactive ketones (excluding diaryl/α,β-unsaturated/α-hetero) is 1. The molecule has 0 bridgehead atoms. The van der Waals surface area contributed by atoms with E-state index in [0.29, 0.717) is 25.9 Å². The lowest BCUT2D eigenvalue weighted by Gasteiger charge is -2.34. The third-order valence-electron chi connectivity index (χ3n) is 5.63. The number of carbonyl (C=O) groups excluding carboxylic acids is 2. The van der Waals surface area contributed by atoms with Gasteiger partial charge in [-0.15, -0.1) is 0 Å². The van der Waals surface area contributed by atoms with Gasteiger partial charge in [0.15, 0.2) is 5.78 Å². The number of hydrogen-bond acceptors (Lipinski definition) is 3. The van der Waals surface area contributed by atoms with Crippen LogP contribution in [0.1, 0.15) is 55.6 Å². The predicted octanol–water partition coefficient (Wildman–Crippen LogP) is 5.24. The Kier molecular flexibility index (Phi) is 5.86. The number of ketones is 1. The number of nitrogens with one attached hydrogen (secondary N) is 1. The Labute approximate surface area is 179 Å². The first kappa shape index (κ1) is 19.9. The summed E-state index contributed by atoms with van der Waals surface area (Å²) in [6.07, 6.45) is 2.43. The molecule has 0 saturated carbocycles. The highest BCUT2D eigenvalue weighted by Crippen LogP contribution is 2.42. The second-order valence-electron chi connectivity index (χ2n) is 7.69. The van der Waals surface area contributed by atoms with Crippen LogP contribution in [-0.4, -0.2) is 18.3 Å². The van der Waals surface area contributed by atoms with Crippen molar-refractivity contribution in [2.24, 2.45) is 0 Å². The normalized spacial score (nSPS) is 21.6. The number of carbonyl (C=O) groups is 2. The van der Waals surface area contributed by atoms with E-state index in [9.17, 15) is 9.59 Å². The van der Waals surface area contributed by atoms with E-state index in [1.54, 1.807) is 0 Å². The monoisotopic (exact) mass is 453 g/mol. The molecule has 1 amide bonds. The van der Waals surface area contributed by atoms with Gasteiger partial charge in [0, 0.05) is 34.5 Å². The minimum atomic E-state index is -0.162.